The Morgan fingerprint density at radius 1 is 1.14 bits per heavy atom. The third-order valence-electron chi connectivity index (χ3n) is 3.04. The number of anilines is 3. The molecule has 2 rings (SSSR count). The number of hydrogen-bond acceptors (Lipinski definition) is 4. The van der Waals surface area contributed by atoms with Crippen molar-refractivity contribution in [3.05, 3.63) is 48.0 Å². The fraction of sp³-hybridized carbons (Fsp3) is 0.235. The van der Waals surface area contributed by atoms with Gasteiger partial charge in [-0.3, -0.25) is 0 Å². The molecule has 2 aromatic carbocycles. The highest BCUT2D eigenvalue weighted by molar-refractivity contribution is 5.69. The van der Waals surface area contributed by atoms with Crippen LogP contribution in [0.25, 0.3) is 0 Å². The average molecular weight is 281 g/mol. The van der Waals surface area contributed by atoms with Crippen molar-refractivity contribution in [3.8, 4) is 11.8 Å². The van der Waals surface area contributed by atoms with Gasteiger partial charge in [-0.2, -0.15) is 5.26 Å². The lowest BCUT2D eigenvalue weighted by Gasteiger charge is -2.21. The van der Waals surface area contributed by atoms with Crippen LogP contribution in [0, 0.1) is 11.3 Å². The number of hydrogen-bond donors (Lipinski definition) is 1. The number of benzene rings is 2. The van der Waals surface area contributed by atoms with E-state index in [4.69, 9.17) is 15.7 Å². The highest BCUT2D eigenvalue weighted by Gasteiger charge is 2.08. The summed E-state index contributed by atoms with van der Waals surface area (Å²) in [4.78, 5) is 1.98. The molecule has 0 atom stereocenters. The fourth-order valence-corrected chi connectivity index (χ4v) is 2.07. The number of nitriles is 1. The van der Waals surface area contributed by atoms with E-state index in [1.807, 2.05) is 62.2 Å². The second-order valence-electron chi connectivity index (χ2n) is 5.15. The van der Waals surface area contributed by atoms with Crippen LogP contribution >= 0.6 is 0 Å². The van der Waals surface area contributed by atoms with Gasteiger partial charge in [0.05, 0.1) is 17.7 Å². The van der Waals surface area contributed by atoms with Gasteiger partial charge in [-0.1, -0.05) is 6.07 Å². The van der Waals surface area contributed by atoms with Gasteiger partial charge in [-0.05, 0) is 38.1 Å². The fourth-order valence-electron chi connectivity index (χ4n) is 2.07. The molecule has 0 saturated carbocycles. The third kappa shape index (κ3) is 3.67. The zero-order valence-corrected chi connectivity index (χ0v) is 12.5. The van der Waals surface area contributed by atoms with E-state index in [0.717, 1.165) is 17.1 Å². The molecular weight excluding hydrogens is 262 g/mol. The van der Waals surface area contributed by atoms with Gasteiger partial charge in [-0.25, -0.2) is 0 Å². The Hall–Kier alpha value is -2.67. The second kappa shape index (κ2) is 6.19. The maximum Gasteiger partial charge on any atom is 0.123 e. The molecule has 0 spiro atoms. The van der Waals surface area contributed by atoms with Crippen LogP contribution in [-0.2, 0) is 0 Å². The molecule has 0 aromatic heterocycles. The molecule has 0 aliphatic carbocycles. The van der Waals surface area contributed by atoms with Gasteiger partial charge < -0.3 is 15.4 Å². The minimum atomic E-state index is 0.0897. The Kier molecular flexibility index (Phi) is 4.34. The zero-order valence-electron chi connectivity index (χ0n) is 12.5. The van der Waals surface area contributed by atoms with Crippen LogP contribution in [0.1, 0.15) is 19.4 Å². The van der Waals surface area contributed by atoms with Crippen molar-refractivity contribution >= 4 is 17.1 Å². The predicted octanol–water partition coefficient (Wildman–Crippen LogP) is 3.70. The van der Waals surface area contributed by atoms with Crippen molar-refractivity contribution in [1.82, 2.24) is 0 Å². The highest BCUT2D eigenvalue weighted by Crippen LogP contribution is 2.30. The van der Waals surface area contributed by atoms with Crippen molar-refractivity contribution < 1.29 is 4.74 Å². The van der Waals surface area contributed by atoms with E-state index in [2.05, 4.69) is 6.07 Å². The smallest absolute Gasteiger partial charge is 0.123 e. The maximum absolute atomic E-state index is 8.99. The lowest BCUT2D eigenvalue weighted by Crippen LogP contribution is -2.11. The van der Waals surface area contributed by atoms with Crippen molar-refractivity contribution in [2.75, 3.05) is 17.7 Å². The minimum Gasteiger partial charge on any atom is -0.491 e. The molecule has 0 bridgehead atoms. The first kappa shape index (κ1) is 14.7. The number of rotatable bonds is 4. The normalized spacial score (nSPS) is 10.2. The molecule has 0 aliphatic rings. The highest BCUT2D eigenvalue weighted by atomic mass is 16.5. The van der Waals surface area contributed by atoms with Crippen molar-refractivity contribution in [1.29, 1.82) is 5.26 Å². The number of nitrogens with two attached hydrogens (primary N) is 1. The zero-order chi connectivity index (χ0) is 15.4. The number of nitrogens with zero attached hydrogens (tertiary/aromatic N) is 2. The summed E-state index contributed by atoms with van der Waals surface area (Å²) >= 11 is 0. The quantitative estimate of drug-likeness (QED) is 0.868. The summed E-state index contributed by atoms with van der Waals surface area (Å²) in [7, 11) is 1.93. The van der Waals surface area contributed by atoms with E-state index in [0.29, 0.717) is 11.3 Å². The first-order valence-electron chi connectivity index (χ1n) is 6.80. The lowest BCUT2D eigenvalue weighted by atomic mass is 10.2. The summed E-state index contributed by atoms with van der Waals surface area (Å²) < 4.78 is 5.71. The van der Waals surface area contributed by atoms with Crippen molar-refractivity contribution in [2.45, 2.75) is 20.0 Å². The summed E-state index contributed by atoms with van der Waals surface area (Å²) in [6.07, 6.45) is 0.0897. The Labute approximate surface area is 125 Å². The molecule has 0 heterocycles. The van der Waals surface area contributed by atoms with Gasteiger partial charge in [0.1, 0.15) is 5.75 Å². The van der Waals surface area contributed by atoms with E-state index in [1.54, 1.807) is 6.07 Å². The van der Waals surface area contributed by atoms with Crippen LogP contribution in [0.3, 0.4) is 0 Å². The SMILES string of the molecule is CC(C)Oc1cc(N)cc(N(C)c2cccc(C#N)c2)c1. The minimum absolute atomic E-state index is 0.0897. The average Bonchev–Trinajstić information content (AvgIpc) is 2.45. The monoisotopic (exact) mass is 281 g/mol. The van der Waals surface area contributed by atoms with Crippen LogP contribution < -0.4 is 15.4 Å². The summed E-state index contributed by atoms with van der Waals surface area (Å²) in [5.41, 5.74) is 9.06. The van der Waals surface area contributed by atoms with E-state index in [9.17, 15) is 0 Å². The molecule has 0 saturated heterocycles. The van der Waals surface area contributed by atoms with E-state index < -0.39 is 0 Å². The topological polar surface area (TPSA) is 62.3 Å². The molecule has 2 N–H and O–H groups in total. The molecule has 108 valence electrons. The summed E-state index contributed by atoms with van der Waals surface area (Å²) in [5.74, 6) is 0.739. The first-order chi connectivity index (χ1) is 9.99. The largest absolute Gasteiger partial charge is 0.491 e. The van der Waals surface area contributed by atoms with Gasteiger partial charge in [0.25, 0.3) is 0 Å². The molecular formula is C17H19N3O. The maximum atomic E-state index is 8.99. The molecule has 0 unspecified atom stereocenters. The first-order valence-corrected chi connectivity index (χ1v) is 6.80. The Morgan fingerprint density at radius 3 is 2.57 bits per heavy atom. The molecule has 0 amide bonds. The van der Waals surface area contributed by atoms with Gasteiger partial charge >= 0.3 is 0 Å². The van der Waals surface area contributed by atoms with E-state index in [-0.39, 0.29) is 6.10 Å². The molecule has 2 aromatic rings. The summed E-state index contributed by atoms with van der Waals surface area (Å²) in [6.45, 7) is 3.95. The molecule has 4 heteroatoms. The van der Waals surface area contributed by atoms with Gasteiger partial charge in [-0.15, -0.1) is 0 Å². The Morgan fingerprint density at radius 2 is 1.90 bits per heavy atom. The second-order valence-corrected chi connectivity index (χ2v) is 5.15. The summed E-state index contributed by atoms with van der Waals surface area (Å²) in [5, 5.41) is 8.99. The molecule has 0 radical (unpaired) electrons. The molecule has 21 heavy (non-hydrogen) atoms. The molecule has 0 aliphatic heterocycles. The summed E-state index contributed by atoms with van der Waals surface area (Å²) in [6, 6.07) is 15.2. The molecule has 0 fully saturated rings. The van der Waals surface area contributed by atoms with Crippen LogP contribution in [0.2, 0.25) is 0 Å². The molecule has 4 nitrogen and oxygen atoms in total. The van der Waals surface area contributed by atoms with Gasteiger partial charge in [0.2, 0.25) is 0 Å². The van der Waals surface area contributed by atoms with Crippen LogP contribution in [0.4, 0.5) is 17.1 Å². The van der Waals surface area contributed by atoms with Crippen LogP contribution in [0.5, 0.6) is 5.75 Å². The van der Waals surface area contributed by atoms with E-state index >= 15 is 0 Å². The Bertz CT molecular complexity index is 674. The predicted molar refractivity (Wildman–Crippen MR) is 85.8 cm³/mol. The van der Waals surface area contributed by atoms with Crippen molar-refractivity contribution in [3.63, 3.8) is 0 Å². The Balaban J connectivity index is 2.36. The third-order valence-corrected chi connectivity index (χ3v) is 3.04. The van der Waals surface area contributed by atoms with Crippen molar-refractivity contribution in [2.24, 2.45) is 0 Å². The van der Waals surface area contributed by atoms with Gasteiger partial charge in [0.15, 0.2) is 0 Å². The van der Waals surface area contributed by atoms with Gasteiger partial charge in [0, 0.05) is 36.2 Å². The van der Waals surface area contributed by atoms with E-state index in [1.165, 1.54) is 0 Å². The number of nitrogen functional groups attached to an aromatic ring is 1. The van der Waals surface area contributed by atoms with Crippen LogP contribution in [-0.4, -0.2) is 13.2 Å². The lowest BCUT2D eigenvalue weighted by molar-refractivity contribution is 0.242. The number of ether oxygens (including phenoxy) is 1. The standard InChI is InChI=1S/C17H19N3O/c1-12(2)21-17-9-14(19)8-16(10-17)20(3)15-6-4-5-13(7-15)11-18/h4-10,12H,19H2,1-3H3. The van der Waals surface area contributed by atoms with Crippen LogP contribution in [0.15, 0.2) is 42.5 Å².